The van der Waals surface area contributed by atoms with E-state index < -0.39 is 10.0 Å². The SMILES string of the molecule is CC(C)CN(C1CC1)S(=O)(=O)c1ccc(C=O)o1. The van der Waals surface area contributed by atoms with Gasteiger partial charge in [0, 0.05) is 12.6 Å². The summed E-state index contributed by atoms with van der Waals surface area (Å²) in [4.78, 5) is 10.5. The van der Waals surface area contributed by atoms with Crippen LogP contribution in [0.2, 0.25) is 0 Å². The fraction of sp³-hybridized carbons (Fsp3) is 0.583. The van der Waals surface area contributed by atoms with Crippen LogP contribution in [0.25, 0.3) is 0 Å². The largest absolute Gasteiger partial charge is 0.440 e. The zero-order valence-electron chi connectivity index (χ0n) is 10.5. The second-order valence-electron chi connectivity index (χ2n) is 4.97. The van der Waals surface area contributed by atoms with Crippen molar-refractivity contribution < 1.29 is 17.6 Å². The molecule has 1 aliphatic carbocycles. The Morgan fingerprint density at radius 1 is 1.44 bits per heavy atom. The van der Waals surface area contributed by atoms with Gasteiger partial charge in [-0.15, -0.1) is 0 Å². The minimum atomic E-state index is -3.61. The van der Waals surface area contributed by atoms with Crippen molar-refractivity contribution in [1.29, 1.82) is 0 Å². The van der Waals surface area contributed by atoms with Crippen molar-refractivity contribution in [3.05, 3.63) is 17.9 Å². The molecule has 0 atom stereocenters. The first kappa shape index (κ1) is 13.3. The number of hydrogen-bond acceptors (Lipinski definition) is 4. The molecule has 1 aromatic heterocycles. The van der Waals surface area contributed by atoms with Crippen LogP contribution in [0.3, 0.4) is 0 Å². The van der Waals surface area contributed by atoms with E-state index in [0.717, 1.165) is 12.8 Å². The first-order chi connectivity index (χ1) is 8.45. The molecule has 0 aromatic carbocycles. The number of rotatable bonds is 6. The lowest BCUT2D eigenvalue weighted by atomic mass is 10.2. The molecule has 0 amide bonds. The van der Waals surface area contributed by atoms with E-state index in [9.17, 15) is 13.2 Å². The normalized spacial score (nSPS) is 16.4. The molecular weight excluding hydrogens is 254 g/mol. The smallest absolute Gasteiger partial charge is 0.276 e. The second kappa shape index (κ2) is 4.85. The summed E-state index contributed by atoms with van der Waals surface area (Å²) in [6.07, 6.45) is 2.29. The number of aldehydes is 1. The van der Waals surface area contributed by atoms with Crippen LogP contribution >= 0.6 is 0 Å². The summed E-state index contributed by atoms with van der Waals surface area (Å²) in [6.45, 7) is 4.43. The molecule has 0 saturated heterocycles. The number of furan rings is 1. The molecule has 1 fully saturated rings. The predicted molar refractivity (Wildman–Crippen MR) is 65.8 cm³/mol. The van der Waals surface area contributed by atoms with Crippen LogP contribution in [0.15, 0.2) is 21.6 Å². The lowest BCUT2D eigenvalue weighted by Gasteiger charge is -2.22. The molecule has 0 spiro atoms. The van der Waals surface area contributed by atoms with Gasteiger partial charge in [-0.25, -0.2) is 8.42 Å². The van der Waals surface area contributed by atoms with Gasteiger partial charge in [-0.05, 0) is 30.9 Å². The van der Waals surface area contributed by atoms with Crippen molar-refractivity contribution in [2.45, 2.75) is 37.8 Å². The van der Waals surface area contributed by atoms with Crippen molar-refractivity contribution in [1.82, 2.24) is 4.31 Å². The molecule has 0 radical (unpaired) electrons. The van der Waals surface area contributed by atoms with Crippen LogP contribution in [0.1, 0.15) is 37.2 Å². The Morgan fingerprint density at radius 3 is 2.56 bits per heavy atom. The fourth-order valence-electron chi connectivity index (χ4n) is 1.82. The van der Waals surface area contributed by atoms with Gasteiger partial charge in [0.25, 0.3) is 10.0 Å². The lowest BCUT2D eigenvalue weighted by Crippen LogP contribution is -2.35. The number of sulfonamides is 1. The van der Waals surface area contributed by atoms with Gasteiger partial charge >= 0.3 is 0 Å². The van der Waals surface area contributed by atoms with Crippen LogP contribution in [-0.2, 0) is 10.0 Å². The molecule has 1 heterocycles. The highest BCUT2D eigenvalue weighted by Gasteiger charge is 2.39. The summed E-state index contributed by atoms with van der Waals surface area (Å²) in [5, 5.41) is -0.142. The topological polar surface area (TPSA) is 67.6 Å². The maximum absolute atomic E-state index is 12.4. The van der Waals surface area contributed by atoms with E-state index >= 15 is 0 Å². The predicted octanol–water partition coefficient (Wildman–Crippen LogP) is 1.90. The molecule has 100 valence electrons. The molecule has 1 aromatic rings. The first-order valence-electron chi connectivity index (χ1n) is 6.02. The van der Waals surface area contributed by atoms with Crippen LogP contribution in [0, 0.1) is 5.92 Å². The molecule has 0 aliphatic heterocycles. The van der Waals surface area contributed by atoms with Crippen molar-refractivity contribution >= 4 is 16.3 Å². The standard InChI is InChI=1S/C12H17NO4S/c1-9(2)7-13(10-3-4-10)18(15,16)12-6-5-11(8-14)17-12/h5-6,8-10H,3-4,7H2,1-2H3. The molecule has 18 heavy (non-hydrogen) atoms. The monoisotopic (exact) mass is 271 g/mol. The highest BCUT2D eigenvalue weighted by Crippen LogP contribution is 2.33. The van der Waals surface area contributed by atoms with Gasteiger partial charge in [0.05, 0.1) is 0 Å². The molecule has 1 saturated carbocycles. The van der Waals surface area contributed by atoms with Crippen molar-refractivity contribution in [3.8, 4) is 0 Å². The van der Waals surface area contributed by atoms with Crippen LogP contribution in [0.4, 0.5) is 0 Å². The molecule has 0 unspecified atom stereocenters. The van der Waals surface area contributed by atoms with Gasteiger partial charge in [0.2, 0.25) is 5.09 Å². The van der Waals surface area contributed by atoms with E-state index in [0.29, 0.717) is 12.8 Å². The summed E-state index contributed by atoms with van der Waals surface area (Å²) < 4.78 is 31.3. The lowest BCUT2D eigenvalue weighted by molar-refractivity contribution is 0.109. The first-order valence-corrected chi connectivity index (χ1v) is 7.46. The Morgan fingerprint density at radius 2 is 2.11 bits per heavy atom. The number of hydrogen-bond donors (Lipinski definition) is 0. The van der Waals surface area contributed by atoms with Crippen LogP contribution in [-0.4, -0.2) is 31.6 Å². The second-order valence-corrected chi connectivity index (χ2v) is 6.80. The summed E-state index contributed by atoms with van der Waals surface area (Å²) in [6, 6.07) is 2.80. The highest BCUT2D eigenvalue weighted by atomic mass is 32.2. The van der Waals surface area contributed by atoms with Crippen molar-refractivity contribution in [3.63, 3.8) is 0 Å². The van der Waals surface area contributed by atoms with Gasteiger partial charge in [-0.1, -0.05) is 13.8 Å². The Hall–Kier alpha value is -1.14. The summed E-state index contributed by atoms with van der Waals surface area (Å²) in [5.74, 6) is 0.287. The number of carbonyl (C=O) groups is 1. The van der Waals surface area contributed by atoms with Crippen LogP contribution in [0.5, 0.6) is 0 Å². The maximum atomic E-state index is 12.4. The Bertz CT molecular complexity index is 528. The molecule has 0 bridgehead atoms. The molecular formula is C12H17NO4S. The Balaban J connectivity index is 2.29. The summed E-state index contributed by atoms with van der Waals surface area (Å²) >= 11 is 0. The van der Waals surface area contributed by atoms with Gasteiger partial charge in [0.15, 0.2) is 12.0 Å². The fourth-order valence-corrected chi connectivity index (χ4v) is 3.59. The number of carbonyl (C=O) groups excluding carboxylic acids is 1. The third kappa shape index (κ3) is 2.64. The van der Waals surface area contributed by atoms with E-state index in [1.54, 1.807) is 0 Å². The molecule has 1 aliphatic rings. The summed E-state index contributed by atoms with van der Waals surface area (Å²) in [5.41, 5.74) is 0. The maximum Gasteiger partial charge on any atom is 0.276 e. The number of nitrogens with zero attached hydrogens (tertiary/aromatic N) is 1. The zero-order chi connectivity index (χ0) is 13.3. The molecule has 5 nitrogen and oxygen atoms in total. The van der Waals surface area contributed by atoms with E-state index in [4.69, 9.17) is 4.42 Å². The molecule has 6 heteroatoms. The molecule has 0 N–H and O–H groups in total. The minimum Gasteiger partial charge on any atom is -0.440 e. The average Bonchev–Trinajstić information content (AvgIpc) is 3.01. The van der Waals surface area contributed by atoms with E-state index in [1.807, 2.05) is 13.8 Å². The van der Waals surface area contributed by atoms with Gasteiger partial charge in [-0.2, -0.15) is 4.31 Å². The van der Waals surface area contributed by atoms with E-state index in [-0.39, 0.29) is 22.8 Å². The third-order valence-corrected chi connectivity index (χ3v) is 4.57. The van der Waals surface area contributed by atoms with Gasteiger partial charge in [-0.3, -0.25) is 4.79 Å². The van der Waals surface area contributed by atoms with Crippen molar-refractivity contribution in [2.75, 3.05) is 6.54 Å². The van der Waals surface area contributed by atoms with E-state index in [2.05, 4.69) is 0 Å². The summed E-state index contributed by atoms with van der Waals surface area (Å²) in [7, 11) is -3.61. The Labute approximate surface area is 107 Å². The highest BCUT2D eigenvalue weighted by molar-refractivity contribution is 7.89. The zero-order valence-corrected chi connectivity index (χ0v) is 11.3. The third-order valence-electron chi connectivity index (χ3n) is 2.78. The van der Waals surface area contributed by atoms with Crippen LogP contribution < -0.4 is 0 Å². The van der Waals surface area contributed by atoms with E-state index in [1.165, 1.54) is 16.4 Å². The van der Waals surface area contributed by atoms with Crippen molar-refractivity contribution in [2.24, 2.45) is 5.92 Å². The minimum absolute atomic E-state index is 0.0360. The van der Waals surface area contributed by atoms with Gasteiger partial charge < -0.3 is 4.42 Å². The average molecular weight is 271 g/mol. The van der Waals surface area contributed by atoms with Gasteiger partial charge in [0.1, 0.15) is 0 Å². The molecule has 2 rings (SSSR count). The Kier molecular flexibility index (Phi) is 3.59. The quantitative estimate of drug-likeness (QED) is 0.741.